The molecule has 1 fully saturated rings. The minimum atomic E-state index is -0.494. The number of hydrogen-bond donors (Lipinski definition) is 1. The smallest absolute Gasteiger partial charge is 0.338 e. The van der Waals surface area contributed by atoms with Crippen molar-refractivity contribution in [2.45, 2.75) is 52.5 Å². The van der Waals surface area contributed by atoms with Crippen LogP contribution in [0.1, 0.15) is 75.6 Å². The van der Waals surface area contributed by atoms with Crippen molar-refractivity contribution >= 4 is 23.7 Å². The summed E-state index contributed by atoms with van der Waals surface area (Å²) in [6, 6.07) is 6.55. The lowest BCUT2D eigenvalue weighted by atomic mass is 10.0. The number of ether oxygens (including phenoxy) is 2. The highest BCUT2D eigenvalue weighted by Gasteiger charge is 2.25. The Morgan fingerprint density at radius 1 is 1.05 bits per heavy atom. The lowest BCUT2D eigenvalue weighted by Gasteiger charge is -2.34. The molecule has 2 aliphatic rings. The van der Waals surface area contributed by atoms with Crippen molar-refractivity contribution in [2.24, 2.45) is 0 Å². The van der Waals surface area contributed by atoms with E-state index in [0.717, 1.165) is 24.1 Å². The molecule has 0 aliphatic carbocycles. The zero-order chi connectivity index (χ0) is 28.5. The summed E-state index contributed by atoms with van der Waals surface area (Å²) in [5.74, 6) is -0.773. The number of rotatable bonds is 7. The van der Waals surface area contributed by atoms with Gasteiger partial charge in [-0.25, -0.2) is 4.79 Å². The Labute approximate surface area is 234 Å². The van der Waals surface area contributed by atoms with Gasteiger partial charge in [-0.2, -0.15) is 5.10 Å². The summed E-state index contributed by atoms with van der Waals surface area (Å²) in [6.07, 6.45) is 3.40. The van der Waals surface area contributed by atoms with Crippen LogP contribution in [0.4, 0.5) is 0 Å². The molecule has 11 nitrogen and oxygen atoms in total. The zero-order valence-corrected chi connectivity index (χ0v) is 23.4. The van der Waals surface area contributed by atoms with E-state index in [1.54, 1.807) is 38.7 Å². The molecule has 0 spiro atoms. The number of benzene rings is 1. The van der Waals surface area contributed by atoms with E-state index in [2.05, 4.69) is 5.32 Å². The Morgan fingerprint density at radius 2 is 1.77 bits per heavy atom. The predicted molar refractivity (Wildman–Crippen MR) is 147 cm³/mol. The second-order valence-corrected chi connectivity index (χ2v) is 10.0. The monoisotopic (exact) mass is 553 g/mol. The number of carbonyl (C=O) groups excluding carboxylic acids is 4. The first-order chi connectivity index (χ1) is 19.4. The van der Waals surface area contributed by atoms with E-state index in [1.165, 1.54) is 6.92 Å². The third-order valence-corrected chi connectivity index (χ3v) is 7.26. The molecule has 0 atom stereocenters. The number of aromatic nitrogens is 2. The number of nitrogens with zero attached hydrogens (tertiary/aromatic N) is 4. The molecular formula is C29H39N5O6. The number of fused-ring (bicyclic) bond motifs is 1. The molecule has 0 bridgehead atoms. The number of amides is 3. The third-order valence-electron chi connectivity index (χ3n) is 7.26. The van der Waals surface area contributed by atoms with Crippen LogP contribution < -0.4 is 5.32 Å². The van der Waals surface area contributed by atoms with Crippen LogP contribution in [0.3, 0.4) is 0 Å². The van der Waals surface area contributed by atoms with E-state index in [4.69, 9.17) is 14.6 Å². The van der Waals surface area contributed by atoms with Crippen molar-refractivity contribution < 1.29 is 28.7 Å². The maximum atomic E-state index is 13.0. The minimum absolute atomic E-state index is 0.00255. The number of carbonyl (C=O) groups is 4. The van der Waals surface area contributed by atoms with Crippen molar-refractivity contribution in [1.82, 2.24) is 24.9 Å². The topological polar surface area (TPSA) is 123 Å². The molecular weight excluding hydrogens is 514 g/mol. The second kappa shape index (κ2) is 14.1. The van der Waals surface area contributed by atoms with E-state index in [1.807, 2.05) is 6.92 Å². The highest BCUT2D eigenvalue weighted by molar-refractivity contribution is 5.98. The van der Waals surface area contributed by atoms with Crippen molar-refractivity contribution in [1.29, 1.82) is 0 Å². The van der Waals surface area contributed by atoms with Crippen LogP contribution >= 0.6 is 0 Å². The average molecular weight is 554 g/mol. The van der Waals surface area contributed by atoms with E-state index < -0.39 is 5.97 Å². The van der Waals surface area contributed by atoms with Gasteiger partial charge in [0.15, 0.2) is 0 Å². The normalized spacial score (nSPS) is 16.5. The lowest BCUT2D eigenvalue weighted by molar-refractivity contribution is -0.130. The first-order valence-electron chi connectivity index (χ1n) is 14.2. The van der Waals surface area contributed by atoms with Gasteiger partial charge in [0.25, 0.3) is 11.8 Å². The van der Waals surface area contributed by atoms with Crippen LogP contribution in [0, 0.1) is 0 Å². The Bertz CT molecular complexity index is 1220. The standard InChI is InChI=1S/C29H39N5O6/c1-3-34-26-24(10-5-17-39-18-7-12-30-27(26)36)25(31-34)11-6-19-40-29(38)23-9-4-8-22(20-23)28(37)33-15-13-32(14-16-33)21(2)35/h4,8-9,20H,3,5-7,10-19H2,1-2H3,(H,30,36). The molecule has 2 aliphatic heterocycles. The Kier molecular flexibility index (Phi) is 10.3. The highest BCUT2D eigenvalue weighted by Crippen LogP contribution is 2.20. The maximum absolute atomic E-state index is 13.0. The summed E-state index contributed by atoms with van der Waals surface area (Å²) >= 11 is 0. The van der Waals surface area contributed by atoms with Crippen LogP contribution in [-0.4, -0.2) is 95.8 Å². The van der Waals surface area contributed by atoms with Gasteiger partial charge >= 0.3 is 5.97 Å². The van der Waals surface area contributed by atoms with Crippen molar-refractivity contribution in [3.63, 3.8) is 0 Å². The van der Waals surface area contributed by atoms with Crippen LogP contribution in [0.2, 0.25) is 0 Å². The molecule has 216 valence electrons. The van der Waals surface area contributed by atoms with Crippen molar-refractivity contribution in [3.8, 4) is 0 Å². The van der Waals surface area contributed by atoms with Gasteiger partial charge in [0.1, 0.15) is 5.69 Å². The van der Waals surface area contributed by atoms with Crippen molar-refractivity contribution in [2.75, 3.05) is 52.5 Å². The fourth-order valence-corrected chi connectivity index (χ4v) is 5.08. The molecule has 3 heterocycles. The van der Waals surface area contributed by atoms with Crippen LogP contribution in [0.15, 0.2) is 24.3 Å². The van der Waals surface area contributed by atoms with Gasteiger partial charge in [0.05, 0.1) is 17.9 Å². The number of piperazine rings is 1. The summed E-state index contributed by atoms with van der Waals surface area (Å²) in [5.41, 5.74) is 3.12. The fourth-order valence-electron chi connectivity index (χ4n) is 5.08. The third kappa shape index (κ3) is 7.26. The molecule has 11 heteroatoms. The Hall–Kier alpha value is -3.73. The SMILES string of the molecule is CCn1nc(CCCOC(=O)c2cccc(C(=O)N3CCN(C(C)=O)CC3)c2)c2c1C(=O)NCCCOCCC2. The van der Waals surface area contributed by atoms with Crippen LogP contribution in [0.5, 0.6) is 0 Å². The van der Waals surface area contributed by atoms with Gasteiger partial charge in [0, 0.05) is 70.5 Å². The van der Waals surface area contributed by atoms with Crippen LogP contribution in [0.25, 0.3) is 0 Å². The maximum Gasteiger partial charge on any atom is 0.338 e. The van der Waals surface area contributed by atoms with E-state index in [9.17, 15) is 19.2 Å². The van der Waals surface area contributed by atoms with Gasteiger partial charge < -0.3 is 24.6 Å². The van der Waals surface area contributed by atoms with E-state index >= 15 is 0 Å². The summed E-state index contributed by atoms with van der Waals surface area (Å²) in [5, 5.41) is 7.68. The molecule has 40 heavy (non-hydrogen) atoms. The van der Waals surface area contributed by atoms with Crippen LogP contribution in [-0.2, 0) is 33.7 Å². The van der Waals surface area contributed by atoms with Gasteiger partial charge in [-0.1, -0.05) is 6.07 Å². The Balaban J connectivity index is 1.33. The molecule has 0 radical (unpaired) electrons. The molecule has 4 rings (SSSR count). The molecule has 0 saturated carbocycles. The van der Waals surface area contributed by atoms with Gasteiger partial charge in [-0.05, 0) is 57.2 Å². The molecule has 1 saturated heterocycles. The van der Waals surface area contributed by atoms with E-state index in [0.29, 0.717) is 88.6 Å². The van der Waals surface area contributed by atoms with Gasteiger partial charge in [-0.3, -0.25) is 19.1 Å². The number of aryl methyl sites for hydroxylation is 2. The number of hydrogen-bond acceptors (Lipinski definition) is 7. The fraction of sp³-hybridized carbons (Fsp3) is 0.552. The van der Waals surface area contributed by atoms with Gasteiger partial charge in [-0.15, -0.1) is 0 Å². The lowest BCUT2D eigenvalue weighted by Crippen LogP contribution is -2.50. The first kappa shape index (κ1) is 29.3. The van der Waals surface area contributed by atoms with E-state index in [-0.39, 0.29) is 24.3 Å². The van der Waals surface area contributed by atoms with Crippen molar-refractivity contribution in [3.05, 3.63) is 52.3 Å². The predicted octanol–water partition coefficient (Wildman–Crippen LogP) is 2.08. The number of nitrogens with one attached hydrogen (secondary N) is 1. The molecule has 0 unspecified atom stereocenters. The van der Waals surface area contributed by atoms with Gasteiger partial charge in [0.2, 0.25) is 5.91 Å². The average Bonchev–Trinajstić information content (AvgIpc) is 3.31. The molecule has 1 N–H and O–H groups in total. The quantitative estimate of drug-likeness (QED) is 0.411. The molecule has 1 aromatic heterocycles. The molecule has 1 aromatic carbocycles. The minimum Gasteiger partial charge on any atom is -0.462 e. The summed E-state index contributed by atoms with van der Waals surface area (Å²) in [7, 11) is 0. The summed E-state index contributed by atoms with van der Waals surface area (Å²) < 4.78 is 12.9. The second-order valence-electron chi connectivity index (χ2n) is 10.0. The highest BCUT2D eigenvalue weighted by atomic mass is 16.5. The summed E-state index contributed by atoms with van der Waals surface area (Å²) in [4.78, 5) is 53.6. The molecule has 3 amide bonds. The summed E-state index contributed by atoms with van der Waals surface area (Å²) in [6.45, 7) is 8.00. The first-order valence-corrected chi connectivity index (χ1v) is 14.2. The largest absolute Gasteiger partial charge is 0.462 e. The zero-order valence-electron chi connectivity index (χ0n) is 23.4. The molecule has 2 aromatic rings. The number of esters is 1. The Morgan fingerprint density at radius 3 is 2.52 bits per heavy atom.